The summed E-state index contributed by atoms with van der Waals surface area (Å²) in [4.78, 5) is 9.72. The second kappa shape index (κ2) is 10.3. The highest BCUT2D eigenvalue weighted by Crippen LogP contribution is 2.48. The molecule has 11 aromatic rings. The zero-order valence-electron chi connectivity index (χ0n) is 28.0. The fourth-order valence-corrected chi connectivity index (χ4v) is 8.87. The minimum absolute atomic E-state index is 0.913. The van der Waals surface area contributed by atoms with Crippen molar-refractivity contribution in [1.82, 2.24) is 19.1 Å². The summed E-state index contributed by atoms with van der Waals surface area (Å²) in [5, 5.41) is 9.77. The molecule has 0 N–H and O–H groups in total. The Morgan fingerprint density at radius 1 is 0.385 bits per heavy atom. The lowest BCUT2D eigenvalue weighted by atomic mass is 10.00. The summed E-state index contributed by atoms with van der Waals surface area (Å²) < 4.78 is 4.74. The maximum Gasteiger partial charge on any atom is 0.138 e. The summed E-state index contributed by atoms with van der Waals surface area (Å²) in [5.74, 6) is 0.913. The summed E-state index contributed by atoms with van der Waals surface area (Å²) in [6, 6.07) is 55.2. The summed E-state index contributed by atoms with van der Waals surface area (Å²) in [7, 11) is 0. The van der Waals surface area contributed by atoms with Gasteiger partial charge in [-0.2, -0.15) is 0 Å². The van der Waals surface area contributed by atoms with Crippen LogP contribution in [0.2, 0.25) is 0 Å². The zero-order valence-corrected chi connectivity index (χ0v) is 28.0. The van der Waals surface area contributed by atoms with E-state index in [9.17, 15) is 0 Å². The number of hydrogen-bond acceptors (Lipinski definition) is 2. The van der Waals surface area contributed by atoms with Crippen molar-refractivity contribution in [1.29, 1.82) is 0 Å². The summed E-state index contributed by atoms with van der Waals surface area (Å²) in [6.45, 7) is 0. The topological polar surface area (TPSA) is 35.6 Å². The van der Waals surface area contributed by atoms with Gasteiger partial charge in [0.05, 0.1) is 22.1 Å². The van der Waals surface area contributed by atoms with Crippen LogP contribution in [0.1, 0.15) is 0 Å². The Balaban J connectivity index is 1.09. The van der Waals surface area contributed by atoms with Gasteiger partial charge in [-0.1, -0.05) is 103 Å². The van der Waals surface area contributed by atoms with E-state index in [4.69, 9.17) is 4.98 Å². The first-order chi connectivity index (χ1) is 25.8. The molecular formula is C48H28N4. The average Bonchev–Trinajstić information content (AvgIpc) is 3.84. The molecule has 0 atom stereocenters. The van der Waals surface area contributed by atoms with Crippen LogP contribution in [-0.2, 0) is 0 Å². The molecule has 4 heterocycles. The van der Waals surface area contributed by atoms with Gasteiger partial charge in [0, 0.05) is 73.1 Å². The molecule has 0 saturated carbocycles. The van der Waals surface area contributed by atoms with E-state index in [-0.39, 0.29) is 0 Å². The molecule has 1 aliphatic rings. The highest BCUT2D eigenvalue weighted by atomic mass is 15.1. The lowest BCUT2D eigenvalue weighted by Gasteiger charge is -2.11. The normalized spacial score (nSPS) is 12.2. The van der Waals surface area contributed by atoms with Gasteiger partial charge in [0.15, 0.2) is 0 Å². The molecule has 12 rings (SSSR count). The van der Waals surface area contributed by atoms with Crippen molar-refractivity contribution < 1.29 is 0 Å². The highest BCUT2D eigenvalue weighted by molar-refractivity contribution is 6.20. The van der Waals surface area contributed by atoms with E-state index in [0.29, 0.717) is 0 Å². The number of benzene rings is 7. The maximum atomic E-state index is 5.17. The van der Waals surface area contributed by atoms with Gasteiger partial charge in [-0.05, 0) is 76.2 Å². The number of hydrogen-bond donors (Lipinski definition) is 0. The van der Waals surface area contributed by atoms with Crippen molar-refractivity contribution in [3.8, 4) is 44.9 Å². The number of rotatable bonds is 3. The molecule has 0 bridgehead atoms. The van der Waals surface area contributed by atoms with Crippen molar-refractivity contribution >= 4 is 65.2 Å². The lowest BCUT2D eigenvalue weighted by Crippen LogP contribution is -1.98. The van der Waals surface area contributed by atoms with Gasteiger partial charge in [-0.15, -0.1) is 0 Å². The zero-order chi connectivity index (χ0) is 33.9. The van der Waals surface area contributed by atoms with E-state index in [1.165, 1.54) is 82.2 Å². The number of pyridine rings is 2. The van der Waals surface area contributed by atoms with E-state index >= 15 is 0 Å². The van der Waals surface area contributed by atoms with Gasteiger partial charge in [-0.25, -0.2) is 4.98 Å². The molecule has 0 unspecified atom stereocenters. The van der Waals surface area contributed by atoms with Crippen molar-refractivity contribution in [3.63, 3.8) is 0 Å². The molecule has 4 heteroatoms. The van der Waals surface area contributed by atoms with Crippen LogP contribution in [0.5, 0.6) is 0 Å². The fourth-order valence-electron chi connectivity index (χ4n) is 8.87. The summed E-state index contributed by atoms with van der Waals surface area (Å²) in [6.07, 6.45) is 5.98. The minimum atomic E-state index is 0.913. The van der Waals surface area contributed by atoms with E-state index in [2.05, 4.69) is 166 Å². The molecule has 4 nitrogen and oxygen atoms in total. The summed E-state index contributed by atoms with van der Waals surface area (Å²) in [5.41, 5.74) is 13.0. The van der Waals surface area contributed by atoms with E-state index < -0.39 is 0 Å². The molecule has 7 aromatic carbocycles. The first-order valence-corrected chi connectivity index (χ1v) is 17.7. The molecule has 0 saturated heterocycles. The third-order valence-corrected chi connectivity index (χ3v) is 11.2. The van der Waals surface area contributed by atoms with E-state index in [1.54, 1.807) is 0 Å². The van der Waals surface area contributed by atoms with Gasteiger partial charge in [0.1, 0.15) is 5.82 Å². The van der Waals surface area contributed by atoms with Crippen molar-refractivity contribution in [2.75, 3.05) is 0 Å². The first-order valence-electron chi connectivity index (χ1n) is 17.7. The Kier molecular flexibility index (Phi) is 5.47. The summed E-state index contributed by atoms with van der Waals surface area (Å²) >= 11 is 0. The highest BCUT2D eigenvalue weighted by Gasteiger charge is 2.24. The van der Waals surface area contributed by atoms with Gasteiger partial charge in [-0.3, -0.25) is 9.55 Å². The van der Waals surface area contributed by atoms with Crippen LogP contribution in [0.25, 0.3) is 110 Å². The van der Waals surface area contributed by atoms with Crippen molar-refractivity contribution in [3.05, 3.63) is 170 Å². The number of nitrogens with zero attached hydrogens (tertiary/aromatic N) is 4. The number of fused-ring (bicyclic) bond motifs is 11. The molecule has 0 fully saturated rings. The van der Waals surface area contributed by atoms with Crippen LogP contribution in [-0.4, -0.2) is 19.1 Å². The molecule has 1 aliphatic carbocycles. The Hall–Kier alpha value is -7.04. The largest absolute Gasteiger partial charge is 0.309 e. The van der Waals surface area contributed by atoms with Crippen LogP contribution in [0.3, 0.4) is 0 Å². The second-order valence-electron chi connectivity index (χ2n) is 13.8. The van der Waals surface area contributed by atoms with Crippen LogP contribution in [0.4, 0.5) is 0 Å². The third-order valence-electron chi connectivity index (χ3n) is 11.2. The van der Waals surface area contributed by atoms with Crippen LogP contribution in [0, 0.1) is 0 Å². The lowest BCUT2D eigenvalue weighted by molar-refractivity contribution is 1.09. The molecular weight excluding hydrogens is 633 g/mol. The van der Waals surface area contributed by atoms with E-state index in [1.807, 2.05) is 18.6 Å². The van der Waals surface area contributed by atoms with Crippen molar-refractivity contribution in [2.24, 2.45) is 0 Å². The van der Waals surface area contributed by atoms with Crippen molar-refractivity contribution in [2.45, 2.75) is 0 Å². The quantitative estimate of drug-likeness (QED) is 0.189. The smallest absolute Gasteiger partial charge is 0.138 e. The Morgan fingerprint density at radius 2 is 1.10 bits per heavy atom. The molecule has 0 radical (unpaired) electrons. The Labute approximate surface area is 298 Å². The maximum absolute atomic E-state index is 5.17. The number of para-hydroxylation sites is 2. The van der Waals surface area contributed by atoms with Crippen LogP contribution < -0.4 is 0 Å². The van der Waals surface area contributed by atoms with Gasteiger partial charge in [0.25, 0.3) is 0 Å². The SMILES string of the molecule is c1ccc(-n2c3ccccc3c3cc(-c4ccc5c(c4)c4ccc6ccccc6c4n5-c4cc5c(cn4)-c4cncc6cccc-5c46)ccc32)cc1. The molecule has 52 heavy (non-hydrogen) atoms. The predicted molar refractivity (Wildman–Crippen MR) is 216 cm³/mol. The van der Waals surface area contributed by atoms with Gasteiger partial charge >= 0.3 is 0 Å². The first kappa shape index (κ1) is 27.7. The predicted octanol–water partition coefficient (Wildman–Crippen LogP) is 12.3. The molecule has 0 amide bonds. The van der Waals surface area contributed by atoms with Crippen LogP contribution in [0.15, 0.2) is 170 Å². The Bertz CT molecular complexity index is 3290. The fraction of sp³-hybridized carbons (Fsp3) is 0. The van der Waals surface area contributed by atoms with Gasteiger partial charge in [0.2, 0.25) is 0 Å². The second-order valence-corrected chi connectivity index (χ2v) is 13.8. The minimum Gasteiger partial charge on any atom is -0.309 e. The molecule has 0 spiro atoms. The Morgan fingerprint density at radius 3 is 1.96 bits per heavy atom. The monoisotopic (exact) mass is 660 g/mol. The van der Waals surface area contributed by atoms with E-state index in [0.717, 1.165) is 27.8 Å². The molecule has 0 aliphatic heterocycles. The molecule has 240 valence electrons. The average molecular weight is 661 g/mol. The third kappa shape index (κ3) is 3.70. The number of aromatic nitrogens is 4. The standard InChI is InChI=1S/C48H28N4/c1-2-11-33(12-3-1)51-43-16-7-6-14-35(43)39-23-30(18-21-44(39)51)31-19-22-45-40(24-31)37-20-17-29-9-4-5-13-34(29)48(37)52(45)46-25-38-36-15-8-10-32-26-49-27-42(47(32)36)41(38)28-50-46/h1-28H. The van der Waals surface area contributed by atoms with Crippen LogP contribution >= 0.6 is 0 Å². The van der Waals surface area contributed by atoms with Gasteiger partial charge < -0.3 is 4.57 Å². The molecule has 4 aromatic heterocycles.